The number of hydrogen-bond acceptors (Lipinski definition) is 5. The van der Waals surface area contributed by atoms with Crippen LogP contribution in [0.15, 0.2) is 54.6 Å². The lowest BCUT2D eigenvalue weighted by Crippen LogP contribution is -2.43. The fourth-order valence-corrected chi connectivity index (χ4v) is 6.87. The summed E-state index contributed by atoms with van der Waals surface area (Å²) in [5.74, 6) is -1.09. The van der Waals surface area contributed by atoms with E-state index in [1.807, 2.05) is 24.3 Å². The van der Waals surface area contributed by atoms with Crippen molar-refractivity contribution in [2.45, 2.75) is 58.7 Å². The molecule has 0 saturated carbocycles. The Morgan fingerprint density at radius 1 is 0.879 bits per heavy atom. The normalized spacial score (nSPS) is 12.8. The third-order valence-electron chi connectivity index (χ3n) is 6.18. The number of hydrogen-bond donors (Lipinski definition) is 0. The maximum absolute atomic E-state index is 12.1. The van der Waals surface area contributed by atoms with Gasteiger partial charge in [0.1, 0.15) is 5.75 Å². The maximum Gasteiger partial charge on any atom is 0.320 e. The highest BCUT2D eigenvalue weighted by atomic mass is 28.3. The molecule has 0 aliphatic heterocycles. The van der Waals surface area contributed by atoms with E-state index >= 15 is 0 Å². The summed E-state index contributed by atoms with van der Waals surface area (Å²) in [4.78, 5) is 24.2. The molecule has 180 valence electrons. The van der Waals surface area contributed by atoms with Gasteiger partial charge in [0.15, 0.2) is 5.92 Å². The second-order valence-corrected chi connectivity index (χ2v) is 13.4. The number of benzene rings is 2. The zero-order valence-electron chi connectivity index (χ0n) is 20.5. The summed E-state index contributed by atoms with van der Waals surface area (Å²) in [6.45, 7) is 9.39. The van der Waals surface area contributed by atoms with Crippen molar-refractivity contribution in [1.29, 1.82) is 0 Å². The van der Waals surface area contributed by atoms with Crippen molar-refractivity contribution in [2.75, 3.05) is 19.8 Å². The highest BCUT2D eigenvalue weighted by molar-refractivity contribution is 6.90. The minimum atomic E-state index is -1.45. The van der Waals surface area contributed by atoms with Crippen LogP contribution in [0.1, 0.15) is 39.2 Å². The average Bonchev–Trinajstić information content (AvgIpc) is 2.83. The first-order chi connectivity index (χ1) is 15.9. The number of aryl methyl sites for hydroxylation is 1. The van der Waals surface area contributed by atoms with Crippen LogP contribution < -0.4 is 9.92 Å². The van der Waals surface area contributed by atoms with Gasteiger partial charge in [-0.25, -0.2) is 0 Å². The lowest BCUT2D eigenvalue weighted by Gasteiger charge is -2.26. The van der Waals surface area contributed by atoms with E-state index in [0.717, 1.165) is 17.7 Å². The van der Waals surface area contributed by atoms with E-state index in [4.69, 9.17) is 14.2 Å². The summed E-state index contributed by atoms with van der Waals surface area (Å²) in [7, 11) is -1.45. The molecule has 33 heavy (non-hydrogen) atoms. The zero-order chi connectivity index (χ0) is 24.1. The van der Waals surface area contributed by atoms with Gasteiger partial charge in [0.25, 0.3) is 0 Å². The molecule has 0 radical (unpaired) electrons. The molecule has 0 aromatic heterocycles. The van der Waals surface area contributed by atoms with Gasteiger partial charge < -0.3 is 14.2 Å². The standard InChI is InChI=1S/C27H38O5Si/c1-5-30-26(28)25(27(29)31-6-2)19-16-22-14-17-23(18-15-22)32-20-11-21-33(4,7-3)24-12-9-8-10-13-24/h8-10,12-15,17-18,25H,5-7,11,16,19-21H2,1-4H3. The molecule has 0 aliphatic carbocycles. The van der Waals surface area contributed by atoms with Gasteiger partial charge in [0.05, 0.1) is 27.9 Å². The van der Waals surface area contributed by atoms with Gasteiger partial charge in [-0.1, -0.05) is 73.2 Å². The molecule has 2 aromatic rings. The highest BCUT2D eigenvalue weighted by Gasteiger charge is 2.29. The molecule has 1 atom stereocenters. The fraction of sp³-hybridized carbons (Fsp3) is 0.481. The van der Waals surface area contributed by atoms with E-state index in [0.29, 0.717) is 19.4 Å². The van der Waals surface area contributed by atoms with Crippen LogP contribution in [-0.2, 0) is 25.5 Å². The third-order valence-corrected chi connectivity index (χ3v) is 10.9. The molecule has 1 unspecified atom stereocenters. The smallest absolute Gasteiger partial charge is 0.320 e. The molecule has 0 heterocycles. The molecule has 0 spiro atoms. The number of rotatable bonds is 14. The van der Waals surface area contributed by atoms with E-state index in [9.17, 15) is 9.59 Å². The van der Waals surface area contributed by atoms with Crippen molar-refractivity contribution in [3.05, 3.63) is 60.2 Å². The van der Waals surface area contributed by atoms with Gasteiger partial charge >= 0.3 is 11.9 Å². The summed E-state index contributed by atoms with van der Waals surface area (Å²) in [5.41, 5.74) is 1.04. The van der Waals surface area contributed by atoms with Gasteiger partial charge in [-0.2, -0.15) is 0 Å². The number of carbonyl (C=O) groups is 2. The van der Waals surface area contributed by atoms with Gasteiger partial charge in [-0.3, -0.25) is 9.59 Å². The predicted octanol–water partition coefficient (Wildman–Crippen LogP) is 5.14. The van der Waals surface area contributed by atoms with Crippen molar-refractivity contribution in [3.8, 4) is 5.75 Å². The van der Waals surface area contributed by atoms with Crippen LogP contribution >= 0.6 is 0 Å². The summed E-state index contributed by atoms with van der Waals surface area (Å²) < 4.78 is 16.1. The first-order valence-electron chi connectivity index (χ1n) is 12.0. The summed E-state index contributed by atoms with van der Waals surface area (Å²) in [5, 5.41) is 1.51. The number of esters is 2. The largest absolute Gasteiger partial charge is 0.494 e. The molecule has 0 amide bonds. The Hall–Kier alpha value is -2.60. The van der Waals surface area contributed by atoms with E-state index in [1.165, 1.54) is 17.3 Å². The zero-order valence-corrected chi connectivity index (χ0v) is 21.5. The summed E-state index contributed by atoms with van der Waals surface area (Å²) in [6, 6.07) is 21.2. The van der Waals surface area contributed by atoms with Crippen LogP contribution in [0.4, 0.5) is 0 Å². The number of ether oxygens (including phenoxy) is 3. The first kappa shape index (κ1) is 26.6. The van der Waals surface area contributed by atoms with Crippen molar-refractivity contribution in [1.82, 2.24) is 0 Å². The minimum absolute atomic E-state index is 0.242. The van der Waals surface area contributed by atoms with E-state index in [-0.39, 0.29) is 13.2 Å². The van der Waals surface area contributed by atoms with Gasteiger partial charge in [-0.15, -0.1) is 0 Å². The van der Waals surface area contributed by atoms with Gasteiger partial charge in [0.2, 0.25) is 0 Å². The van der Waals surface area contributed by atoms with Crippen molar-refractivity contribution in [2.24, 2.45) is 5.92 Å². The lowest BCUT2D eigenvalue weighted by atomic mass is 9.99. The Kier molecular flexibility index (Phi) is 11.2. The van der Waals surface area contributed by atoms with Crippen molar-refractivity contribution in [3.63, 3.8) is 0 Å². The Balaban J connectivity index is 1.83. The molecule has 0 bridgehead atoms. The molecule has 0 fully saturated rings. The minimum Gasteiger partial charge on any atom is -0.494 e. The highest BCUT2D eigenvalue weighted by Crippen LogP contribution is 2.20. The summed E-state index contributed by atoms with van der Waals surface area (Å²) >= 11 is 0. The maximum atomic E-state index is 12.1. The first-order valence-corrected chi connectivity index (χ1v) is 15.0. The molecule has 2 aromatic carbocycles. The van der Waals surface area contributed by atoms with Crippen LogP contribution in [0.5, 0.6) is 5.75 Å². The third kappa shape index (κ3) is 8.35. The van der Waals surface area contributed by atoms with Gasteiger partial charge in [0, 0.05) is 0 Å². The van der Waals surface area contributed by atoms with E-state index in [1.54, 1.807) is 13.8 Å². The van der Waals surface area contributed by atoms with Crippen LogP contribution in [-0.4, -0.2) is 39.8 Å². The lowest BCUT2D eigenvalue weighted by molar-refractivity contribution is -0.161. The second-order valence-electron chi connectivity index (χ2n) is 8.47. The number of carbonyl (C=O) groups excluding carboxylic acids is 2. The SMILES string of the molecule is CCOC(=O)C(CCc1ccc(OCCC[Si](C)(CC)c2ccccc2)cc1)C(=O)OCC. The van der Waals surface area contributed by atoms with Crippen LogP contribution in [0.3, 0.4) is 0 Å². The monoisotopic (exact) mass is 470 g/mol. The van der Waals surface area contributed by atoms with Crippen molar-refractivity contribution >= 4 is 25.2 Å². The average molecular weight is 471 g/mol. The van der Waals surface area contributed by atoms with Crippen LogP contribution in [0.2, 0.25) is 18.6 Å². The van der Waals surface area contributed by atoms with Gasteiger partial charge in [-0.05, 0) is 50.8 Å². The topological polar surface area (TPSA) is 61.8 Å². The summed E-state index contributed by atoms with van der Waals surface area (Å²) in [6.07, 6.45) is 1.98. The fourth-order valence-electron chi connectivity index (χ4n) is 3.90. The Bertz CT molecular complexity index is 835. The van der Waals surface area contributed by atoms with Crippen LogP contribution in [0, 0.1) is 5.92 Å². The Morgan fingerprint density at radius 2 is 1.48 bits per heavy atom. The molecule has 0 N–H and O–H groups in total. The Labute approximate surface area is 199 Å². The molecule has 0 saturated heterocycles. The molecule has 0 aliphatic rings. The van der Waals surface area contributed by atoms with E-state index in [2.05, 4.69) is 43.8 Å². The molecular weight excluding hydrogens is 432 g/mol. The predicted molar refractivity (Wildman–Crippen MR) is 135 cm³/mol. The molecule has 5 nitrogen and oxygen atoms in total. The quantitative estimate of drug-likeness (QED) is 0.166. The second kappa shape index (κ2) is 13.8. The molecule has 2 rings (SSSR count). The van der Waals surface area contributed by atoms with Crippen LogP contribution in [0.25, 0.3) is 0 Å². The molecule has 6 heteroatoms. The van der Waals surface area contributed by atoms with E-state index < -0.39 is 25.9 Å². The Morgan fingerprint density at radius 3 is 2.03 bits per heavy atom. The molecular formula is C27H38O5Si. The van der Waals surface area contributed by atoms with Crippen molar-refractivity contribution < 1.29 is 23.8 Å².